The number of nitrogens with two attached hydrogens (primary N) is 1. The van der Waals surface area contributed by atoms with Gasteiger partial charge in [-0.1, -0.05) is 37.0 Å². The van der Waals surface area contributed by atoms with Gasteiger partial charge in [0.15, 0.2) is 5.69 Å². The average molecular weight is 325 g/mol. The first kappa shape index (κ1) is 15.5. The first-order valence-corrected chi connectivity index (χ1v) is 7.03. The Morgan fingerprint density at radius 2 is 2.05 bits per heavy atom. The largest absolute Gasteiger partial charge is 0.396 e. The number of nitrogens with zero attached hydrogens (tertiary/aromatic N) is 2. The second kappa shape index (κ2) is 6.28. The van der Waals surface area contributed by atoms with Crippen molar-refractivity contribution in [2.45, 2.75) is 19.8 Å². The van der Waals surface area contributed by atoms with E-state index in [9.17, 15) is 4.79 Å². The number of anilines is 2. The summed E-state index contributed by atoms with van der Waals surface area (Å²) in [7, 11) is 0. The first-order chi connectivity index (χ1) is 9.88. The zero-order valence-corrected chi connectivity index (χ0v) is 13.0. The molecule has 0 saturated heterocycles. The smallest absolute Gasteiger partial charge is 0.276 e. The maximum Gasteiger partial charge on any atom is 0.276 e. The van der Waals surface area contributed by atoms with Crippen LogP contribution in [0.5, 0.6) is 0 Å². The molecule has 0 atom stereocenters. The molecular weight excluding hydrogens is 311 g/mol. The molecule has 0 bridgehead atoms. The number of nitrogen functional groups attached to an aromatic ring is 1. The van der Waals surface area contributed by atoms with Gasteiger partial charge in [-0.05, 0) is 18.2 Å². The van der Waals surface area contributed by atoms with Crippen LogP contribution in [0.4, 0.5) is 11.4 Å². The van der Waals surface area contributed by atoms with E-state index < -0.39 is 5.91 Å². The van der Waals surface area contributed by atoms with Crippen molar-refractivity contribution < 1.29 is 4.79 Å². The van der Waals surface area contributed by atoms with Gasteiger partial charge in [0.05, 0.1) is 22.6 Å². The summed E-state index contributed by atoms with van der Waals surface area (Å²) >= 11 is 11.8. The van der Waals surface area contributed by atoms with E-state index in [0.717, 1.165) is 0 Å². The van der Waals surface area contributed by atoms with Gasteiger partial charge >= 0.3 is 0 Å². The summed E-state index contributed by atoms with van der Waals surface area (Å²) in [5.41, 5.74) is 6.54. The molecule has 1 heterocycles. The van der Waals surface area contributed by atoms with Crippen LogP contribution in [0.1, 0.15) is 36.1 Å². The number of carbonyl (C=O) groups excluding carboxylic acids is 1. The predicted octanol–water partition coefficient (Wildman–Crippen LogP) is 3.74. The molecule has 1 aromatic carbocycles. The van der Waals surface area contributed by atoms with Gasteiger partial charge in [-0.15, -0.1) is 0 Å². The van der Waals surface area contributed by atoms with Gasteiger partial charge in [0.1, 0.15) is 5.82 Å². The van der Waals surface area contributed by atoms with E-state index in [1.54, 1.807) is 18.2 Å². The van der Waals surface area contributed by atoms with Crippen LogP contribution in [-0.2, 0) is 0 Å². The number of carbonyl (C=O) groups is 1. The lowest BCUT2D eigenvalue weighted by molar-refractivity contribution is 0.102. The molecule has 0 aliphatic heterocycles. The molecule has 0 aliphatic carbocycles. The van der Waals surface area contributed by atoms with Crippen LogP contribution in [0.3, 0.4) is 0 Å². The number of benzene rings is 1. The fourth-order valence-electron chi connectivity index (χ4n) is 1.64. The van der Waals surface area contributed by atoms with Crippen molar-refractivity contribution in [1.29, 1.82) is 0 Å². The highest BCUT2D eigenvalue weighted by Crippen LogP contribution is 2.26. The van der Waals surface area contributed by atoms with Crippen LogP contribution < -0.4 is 11.1 Å². The highest BCUT2D eigenvalue weighted by molar-refractivity contribution is 6.36. The van der Waals surface area contributed by atoms with Gasteiger partial charge in [-0.2, -0.15) is 0 Å². The molecular formula is C14H14Cl2N4O. The third-order valence-corrected chi connectivity index (χ3v) is 3.29. The Morgan fingerprint density at radius 1 is 1.33 bits per heavy atom. The van der Waals surface area contributed by atoms with Crippen LogP contribution >= 0.6 is 23.2 Å². The lowest BCUT2D eigenvalue weighted by Gasteiger charge is -2.10. The van der Waals surface area contributed by atoms with Gasteiger partial charge in [0.25, 0.3) is 5.91 Å². The monoisotopic (exact) mass is 324 g/mol. The van der Waals surface area contributed by atoms with E-state index in [1.165, 1.54) is 6.20 Å². The average Bonchev–Trinajstić information content (AvgIpc) is 2.42. The van der Waals surface area contributed by atoms with Gasteiger partial charge < -0.3 is 11.1 Å². The molecule has 0 unspecified atom stereocenters. The van der Waals surface area contributed by atoms with Gasteiger partial charge in [-0.3, -0.25) is 4.79 Å². The van der Waals surface area contributed by atoms with E-state index in [1.807, 2.05) is 13.8 Å². The normalized spacial score (nSPS) is 10.7. The Bertz CT molecular complexity index is 689. The van der Waals surface area contributed by atoms with Crippen molar-refractivity contribution in [3.05, 3.63) is 46.0 Å². The number of aromatic nitrogens is 2. The summed E-state index contributed by atoms with van der Waals surface area (Å²) in [4.78, 5) is 20.6. The Hall–Kier alpha value is -1.85. The van der Waals surface area contributed by atoms with Crippen molar-refractivity contribution in [2.75, 3.05) is 11.1 Å². The fourth-order valence-corrected chi connectivity index (χ4v) is 2.09. The molecule has 0 saturated carbocycles. The SMILES string of the molecule is CC(C)c1ncc(N)c(C(=O)Nc2ccc(Cl)cc2Cl)n1. The quantitative estimate of drug-likeness (QED) is 0.901. The molecule has 2 rings (SSSR count). The summed E-state index contributed by atoms with van der Waals surface area (Å²) in [6.07, 6.45) is 1.43. The molecule has 0 spiro atoms. The lowest BCUT2D eigenvalue weighted by Crippen LogP contribution is -2.18. The Kier molecular flexibility index (Phi) is 4.65. The van der Waals surface area contributed by atoms with Crippen LogP contribution in [0.25, 0.3) is 0 Å². The van der Waals surface area contributed by atoms with Crippen molar-refractivity contribution in [2.24, 2.45) is 0 Å². The van der Waals surface area contributed by atoms with E-state index >= 15 is 0 Å². The molecule has 0 aliphatic rings. The van der Waals surface area contributed by atoms with Crippen molar-refractivity contribution >= 4 is 40.5 Å². The van der Waals surface area contributed by atoms with E-state index in [4.69, 9.17) is 28.9 Å². The maximum atomic E-state index is 12.3. The number of hydrogen-bond donors (Lipinski definition) is 2. The zero-order valence-electron chi connectivity index (χ0n) is 11.5. The van der Waals surface area contributed by atoms with Crippen molar-refractivity contribution in [1.82, 2.24) is 9.97 Å². The molecule has 7 heteroatoms. The predicted molar refractivity (Wildman–Crippen MR) is 84.9 cm³/mol. The lowest BCUT2D eigenvalue weighted by atomic mass is 10.2. The number of nitrogens with one attached hydrogen (secondary N) is 1. The highest BCUT2D eigenvalue weighted by atomic mass is 35.5. The number of hydrogen-bond acceptors (Lipinski definition) is 4. The van der Waals surface area contributed by atoms with Gasteiger partial charge in [0.2, 0.25) is 0 Å². The molecule has 0 radical (unpaired) electrons. The number of amides is 1. The molecule has 110 valence electrons. The molecule has 3 N–H and O–H groups in total. The first-order valence-electron chi connectivity index (χ1n) is 6.27. The summed E-state index contributed by atoms with van der Waals surface area (Å²) in [5.74, 6) is 0.203. The second-order valence-electron chi connectivity index (χ2n) is 4.77. The third kappa shape index (κ3) is 3.62. The van der Waals surface area contributed by atoms with Crippen molar-refractivity contribution in [3.63, 3.8) is 0 Å². The Morgan fingerprint density at radius 3 is 2.67 bits per heavy atom. The number of halogens is 2. The van der Waals surface area contributed by atoms with E-state index in [2.05, 4.69) is 15.3 Å². The van der Waals surface area contributed by atoms with Crippen LogP contribution in [0.2, 0.25) is 10.0 Å². The summed E-state index contributed by atoms with van der Waals surface area (Å²) in [6, 6.07) is 4.79. The highest BCUT2D eigenvalue weighted by Gasteiger charge is 2.16. The minimum absolute atomic E-state index is 0.0938. The van der Waals surface area contributed by atoms with Gasteiger partial charge in [0, 0.05) is 10.9 Å². The summed E-state index contributed by atoms with van der Waals surface area (Å²) in [6.45, 7) is 3.87. The molecule has 2 aromatic rings. The zero-order chi connectivity index (χ0) is 15.6. The maximum absolute atomic E-state index is 12.3. The van der Waals surface area contributed by atoms with E-state index in [-0.39, 0.29) is 17.3 Å². The third-order valence-electron chi connectivity index (χ3n) is 2.75. The summed E-state index contributed by atoms with van der Waals surface area (Å²) < 4.78 is 0. The minimum atomic E-state index is -0.443. The summed E-state index contributed by atoms with van der Waals surface area (Å²) in [5, 5.41) is 3.49. The van der Waals surface area contributed by atoms with Crippen molar-refractivity contribution in [3.8, 4) is 0 Å². The fraction of sp³-hybridized carbons (Fsp3) is 0.214. The number of rotatable bonds is 3. The Balaban J connectivity index is 2.30. The standard InChI is InChI=1S/C14H14Cl2N4O/c1-7(2)13-18-6-10(17)12(20-13)14(21)19-11-4-3-8(15)5-9(11)16/h3-7H,17H2,1-2H3,(H,19,21). The minimum Gasteiger partial charge on any atom is -0.396 e. The molecule has 21 heavy (non-hydrogen) atoms. The van der Waals surface area contributed by atoms with Crippen LogP contribution in [0.15, 0.2) is 24.4 Å². The second-order valence-corrected chi connectivity index (χ2v) is 5.61. The van der Waals surface area contributed by atoms with Crippen LogP contribution in [0, 0.1) is 0 Å². The topological polar surface area (TPSA) is 80.9 Å². The van der Waals surface area contributed by atoms with E-state index in [0.29, 0.717) is 21.6 Å². The molecule has 1 amide bonds. The molecule has 5 nitrogen and oxygen atoms in total. The van der Waals surface area contributed by atoms with Gasteiger partial charge in [-0.25, -0.2) is 9.97 Å². The molecule has 0 fully saturated rings. The Labute approximate surface area is 132 Å². The van der Waals surface area contributed by atoms with Crippen LogP contribution in [-0.4, -0.2) is 15.9 Å². The molecule has 1 aromatic heterocycles.